The molecule has 1 heterocycles. The fourth-order valence-corrected chi connectivity index (χ4v) is 0.933. The van der Waals surface area contributed by atoms with Crippen LogP contribution in [0, 0.1) is 0 Å². The van der Waals surface area contributed by atoms with Gasteiger partial charge in [0.2, 0.25) is 0 Å². The van der Waals surface area contributed by atoms with E-state index in [1.807, 2.05) is 13.2 Å². The van der Waals surface area contributed by atoms with Crippen LogP contribution in [0.4, 0.5) is 5.82 Å². The second-order valence-electron chi connectivity index (χ2n) is 2.61. The fourth-order valence-electron chi connectivity index (χ4n) is 0.933. The van der Waals surface area contributed by atoms with E-state index in [1.54, 1.807) is 0 Å². The number of H-pyrrole nitrogens is 1. The molecule has 1 rings (SSSR count). The zero-order valence-corrected chi connectivity index (χ0v) is 6.60. The van der Waals surface area contributed by atoms with Crippen LogP contribution in [0.15, 0.2) is 6.20 Å². The molecule has 0 bridgehead atoms. The number of nitrogens with one attached hydrogen (secondary N) is 2. The maximum atomic E-state index is 3.93. The Balaban J connectivity index is 2.90. The lowest BCUT2D eigenvalue weighted by molar-refractivity contribution is 0.869. The molecule has 3 nitrogen and oxygen atoms in total. The number of nitrogens with zero attached hydrogens (tertiary/aromatic N) is 1. The molecule has 56 valence electrons. The first kappa shape index (κ1) is 7.12. The molecule has 3 heteroatoms. The molecule has 2 N–H and O–H groups in total. The Morgan fingerprint density at radius 3 is 2.70 bits per heavy atom. The first-order valence-electron chi connectivity index (χ1n) is 3.46. The van der Waals surface area contributed by atoms with Crippen molar-refractivity contribution in [3.05, 3.63) is 11.8 Å². The molecule has 0 fully saturated rings. The first-order chi connectivity index (χ1) is 4.75. The summed E-state index contributed by atoms with van der Waals surface area (Å²) in [4.78, 5) is 0. The second kappa shape index (κ2) is 2.73. The van der Waals surface area contributed by atoms with Gasteiger partial charge in [0.1, 0.15) is 5.82 Å². The third kappa shape index (κ3) is 1.12. The molecule has 0 aliphatic rings. The minimum absolute atomic E-state index is 0.529. The monoisotopic (exact) mass is 139 g/mol. The second-order valence-corrected chi connectivity index (χ2v) is 2.61. The normalized spacial score (nSPS) is 10.4. The van der Waals surface area contributed by atoms with Gasteiger partial charge in [-0.3, -0.25) is 5.10 Å². The topological polar surface area (TPSA) is 40.7 Å². The van der Waals surface area contributed by atoms with Gasteiger partial charge in [-0.05, 0) is 5.92 Å². The van der Waals surface area contributed by atoms with Crippen molar-refractivity contribution in [2.75, 3.05) is 12.4 Å². The number of aromatic amines is 1. The van der Waals surface area contributed by atoms with E-state index in [-0.39, 0.29) is 0 Å². The lowest BCUT2D eigenvalue weighted by atomic mass is 10.1. The van der Waals surface area contributed by atoms with Crippen LogP contribution >= 0.6 is 0 Å². The molecule has 1 aromatic rings. The van der Waals surface area contributed by atoms with Gasteiger partial charge in [0, 0.05) is 12.6 Å². The van der Waals surface area contributed by atoms with Crippen LogP contribution in [0.25, 0.3) is 0 Å². The third-order valence-electron chi connectivity index (χ3n) is 1.54. The Kier molecular flexibility index (Phi) is 1.94. The highest BCUT2D eigenvalue weighted by atomic mass is 15.2. The molecule has 0 aliphatic carbocycles. The van der Waals surface area contributed by atoms with Gasteiger partial charge in [0.05, 0.1) is 6.20 Å². The Morgan fingerprint density at radius 2 is 2.30 bits per heavy atom. The highest BCUT2D eigenvalue weighted by Crippen LogP contribution is 2.19. The van der Waals surface area contributed by atoms with E-state index in [0.717, 1.165) is 5.82 Å². The third-order valence-corrected chi connectivity index (χ3v) is 1.54. The van der Waals surface area contributed by atoms with Gasteiger partial charge in [0.15, 0.2) is 0 Å². The molecular weight excluding hydrogens is 126 g/mol. The summed E-state index contributed by atoms with van der Waals surface area (Å²) in [5.74, 6) is 1.55. The lowest BCUT2D eigenvalue weighted by Crippen LogP contribution is -1.94. The van der Waals surface area contributed by atoms with Crippen LogP contribution in [-0.2, 0) is 0 Å². The molecule has 0 atom stereocenters. The van der Waals surface area contributed by atoms with Gasteiger partial charge < -0.3 is 5.32 Å². The molecule has 0 saturated carbocycles. The molecule has 0 amide bonds. The summed E-state index contributed by atoms with van der Waals surface area (Å²) in [6, 6.07) is 0. The largest absolute Gasteiger partial charge is 0.373 e. The van der Waals surface area contributed by atoms with E-state index in [1.165, 1.54) is 5.56 Å². The standard InChI is InChI=1S/C7H13N3/c1-5(2)6-4-9-10-7(6)8-3/h4-5H,1-3H3,(H2,8,9,10). The smallest absolute Gasteiger partial charge is 0.124 e. The number of hydrogen-bond acceptors (Lipinski definition) is 2. The van der Waals surface area contributed by atoms with Crippen molar-refractivity contribution in [1.82, 2.24) is 10.2 Å². The molecule has 0 radical (unpaired) electrons. The van der Waals surface area contributed by atoms with Gasteiger partial charge in [-0.1, -0.05) is 13.8 Å². The van der Waals surface area contributed by atoms with Gasteiger partial charge in [-0.15, -0.1) is 0 Å². The average Bonchev–Trinajstić information content (AvgIpc) is 2.33. The van der Waals surface area contributed by atoms with E-state index >= 15 is 0 Å². The Morgan fingerprint density at radius 1 is 1.60 bits per heavy atom. The molecule has 0 spiro atoms. The van der Waals surface area contributed by atoms with Crippen molar-refractivity contribution in [1.29, 1.82) is 0 Å². The molecule has 0 saturated heterocycles. The van der Waals surface area contributed by atoms with Crippen molar-refractivity contribution in [2.24, 2.45) is 0 Å². The maximum Gasteiger partial charge on any atom is 0.124 e. The Labute approximate surface area is 60.8 Å². The van der Waals surface area contributed by atoms with Crippen LogP contribution in [0.5, 0.6) is 0 Å². The van der Waals surface area contributed by atoms with Crippen molar-refractivity contribution in [3.8, 4) is 0 Å². The number of anilines is 1. The first-order valence-corrected chi connectivity index (χ1v) is 3.46. The van der Waals surface area contributed by atoms with Crippen LogP contribution in [0.3, 0.4) is 0 Å². The van der Waals surface area contributed by atoms with E-state index in [2.05, 4.69) is 29.4 Å². The molecule has 10 heavy (non-hydrogen) atoms. The zero-order valence-electron chi connectivity index (χ0n) is 6.60. The average molecular weight is 139 g/mol. The van der Waals surface area contributed by atoms with Crippen molar-refractivity contribution < 1.29 is 0 Å². The predicted octanol–water partition coefficient (Wildman–Crippen LogP) is 1.57. The van der Waals surface area contributed by atoms with E-state index in [4.69, 9.17) is 0 Å². The van der Waals surface area contributed by atoms with Crippen LogP contribution < -0.4 is 5.32 Å². The van der Waals surface area contributed by atoms with E-state index in [9.17, 15) is 0 Å². The summed E-state index contributed by atoms with van der Waals surface area (Å²) >= 11 is 0. The molecule has 0 unspecified atom stereocenters. The van der Waals surface area contributed by atoms with Crippen molar-refractivity contribution in [3.63, 3.8) is 0 Å². The minimum Gasteiger partial charge on any atom is -0.373 e. The van der Waals surface area contributed by atoms with E-state index in [0.29, 0.717) is 5.92 Å². The minimum atomic E-state index is 0.529. The summed E-state index contributed by atoms with van der Waals surface area (Å²) in [6.45, 7) is 4.29. The maximum absolute atomic E-state index is 3.93. The van der Waals surface area contributed by atoms with Gasteiger partial charge >= 0.3 is 0 Å². The van der Waals surface area contributed by atoms with Gasteiger partial charge in [-0.2, -0.15) is 5.10 Å². The summed E-state index contributed by atoms with van der Waals surface area (Å²) in [5, 5.41) is 9.84. The van der Waals surface area contributed by atoms with Crippen LogP contribution in [0.2, 0.25) is 0 Å². The van der Waals surface area contributed by atoms with Crippen LogP contribution in [-0.4, -0.2) is 17.2 Å². The molecule has 0 aromatic carbocycles. The highest BCUT2D eigenvalue weighted by molar-refractivity contribution is 5.43. The Hall–Kier alpha value is -0.990. The van der Waals surface area contributed by atoms with Crippen LogP contribution in [0.1, 0.15) is 25.3 Å². The summed E-state index contributed by atoms with van der Waals surface area (Å²) in [5.41, 5.74) is 1.24. The summed E-state index contributed by atoms with van der Waals surface area (Å²) < 4.78 is 0. The SMILES string of the molecule is CNc1[nH]ncc1C(C)C. The summed E-state index contributed by atoms with van der Waals surface area (Å²) in [7, 11) is 1.89. The van der Waals surface area contributed by atoms with Gasteiger partial charge in [-0.25, -0.2) is 0 Å². The van der Waals surface area contributed by atoms with Crippen molar-refractivity contribution >= 4 is 5.82 Å². The molecule has 0 aliphatic heterocycles. The number of rotatable bonds is 2. The molecular formula is C7H13N3. The fraction of sp³-hybridized carbons (Fsp3) is 0.571. The zero-order chi connectivity index (χ0) is 7.56. The quantitative estimate of drug-likeness (QED) is 0.653. The van der Waals surface area contributed by atoms with E-state index < -0.39 is 0 Å². The predicted molar refractivity (Wildman–Crippen MR) is 42.2 cm³/mol. The van der Waals surface area contributed by atoms with Crippen molar-refractivity contribution in [2.45, 2.75) is 19.8 Å². The number of hydrogen-bond donors (Lipinski definition) is 2. The molecule has 1 aromatic heterocycles. The summed E-state index contributed by atoms with van der Waals surface area (Å²) in [6.07, 6.45) is 1.86. The Bertz CT molecular complexity index is 202. The van der Waals surface area contributed by atoms with Gasteiger partial charge in [0.25, 0.3) is 0 Å². The lowest BCUT2D eigenvalue weighted by Gasteiger charge is -2.03. The highest BCUT2D eigenvalue weighted by Gasteiger charge is 2.05. The number of aromatic nitrogens is 2.